The number of carbonyl (C=O) groups excluding carboxylic acids is 1. The van der Waals surface area contributed by atoms with Gasteiger partial charge >= 0.3 is 0 Å². The molecule has 0 saturated heterocycles. The van der Waals surface area contributed by atoms with Gasteiger partial charge < -0.3 is 14.2 Å². The summed E-state index contributed by atoms with van der Waals surface area (Å²) >= 11 is 0. The van der Waals surface area contributed by atoms with Crippen LogP contribution in [-0.2, 0) is 6.54 Å². The molecule has 7 heteroatoms. The van der Waals surface area contributed by atoms with Crippen molar-refractivity contribution in [3.05, 3.63) is 60.2 Å². The number of amides is 1. The average Bonchev–Trinajstić information content (AvgIpc) is 3.10. The molecule has 7 nitrogen and oxygen atoms in total. The minimum atomic E-state index is -0.157. The molecule has 0 aliphatic rings. The molecule has 3 aromatic heterocycles. The zero-order chi connectivity index (χ0) is 16.9. The zero-order valence-corrected chi connectivity index (χ0v) is 13.3. The fraction of sp³-hybridized carbons (Fsp3) is 0.176. The molecule has 3 heterocycles. The Morgan fingerprint density at radius 3 is 2.92 bits per heavy atom. The largest absolute Gasteiger partial charge is 0.481 e. The number of hydrogen-bond donors (Lipinski definition) is 0. The van der Waals surface area contributed by atoms with E-state index >= 15 is 0 Å². The van der Waals surface area contributed by atoms with Gasteiger partial charge in [0.25, 0.3) is 5.91 Å². The van der Waals surface area contributed by atoms with Crippen LogP contribution in [0.5, 0.6) is 5.88 Å². The number of carbonyl (C=O) groups is 1. The minimum Gasteiger partial charge on any atom is -0.481 e. The van der Waals surface area contributed by atoms with Crippen LogP contribution in [0.4, 0.5) is 0 Å². The molecule has 0 fully saturated rings. The monoisotopic (exact) mass is 324 g/mol. The topological polar surface area (TPSA) is 81.4 Å². The Hall–Kier alpha value is -3.22. The molecule has 0 aliphatic heterocycles. The van der Waals surface area contributed by atoms with E-state index in [0.717, 1.165) is 5.56 Å². The van der Waals surface area contributed by atoms with Crippen LogP contribution in [-0.4, -0.2) is 40.1 Å². The second-order valence-corrected chi connectivity index (χ2v) is 5.17. The Balaban J connectivity index is 1.71. The summed E-state index contributed by atoms with van der Waals surface area (Å²) in [5.41, 5.74) is 2.04. The second kappa shape index (κ2) is 6.91. The summed E-state index contributed by atoms with van der Waals surface area (Å²) in [6.07, 6.45) is 4.94. The Bertz CT molecular complexity index is 833. The summed E-state index contributed by atoms with van der Waals surface area (Å²) in [6, 6.07) is 8.76. The first-order chi connectivity index (χ1) is 11.7. The van der Waals surface area contributed by atoms with Gasteiger partial charge in [0.15, 0.2) is 5.76 Å². The van der Waals surface area contributed by atoms with Gasteiger partial charge in [0.2, 0.25) is 5.88 Å². The Kier molecular flexibility index (Phi) is 4.51. The van der Waals surface area contributed by atoms with E-state index in [1.54, 1.807) is 42.5 Å². The summed E-state index contributed by atoms with van der Waals surface area (Å²) in [6.45, 7) is 0.302. The molecule has 3 rings (SSSR count). The van der Waals surface area contributed by atoms with Gasteiger partial charge in [-0.1, -0.05) is 5.16 Å². The predicted octanol–water partition coefficient (Wildman–Crippen LogP) is 2.41. The Labute approximate surface area is 138 Å². The van der Waals surface area contributed by atoms with E-state index in [-0.39, 0.29) is 5.91 Å². The van der Waals surface area contributed by atoms with Gasteiger partial charge in [-0.15, -0.1) is 0 Å². The van der Waals surface area contributed by atoms with Crippen LogP contribution < -0.4 is 4.74 Å². The molecule has 0 bridgehead atoms. The van der Waals surface area contributed by atoms with Crippen LogP contribution in [0.2, 0.25) is 0 Å². The van der Waals surface area contributed by atoms with Gasteiger partial charge in [-0.05, 0) is 18.2 Å². The maximum absolute atomic E-state index is 12.5. The van der Waals surface area contributed by atoms with Gasteiger partial charge in [0.05, 0.1) is 13.7 Å². The van der Waals surface area contributed by atoms with Crippen molar-refractivity contribution in [1.29, 1.82) is 0 Å². The van der Waals surface area contributed by atoms with Crippen molar-refractivity contribution in [2.45, 2.75) is 6.54 Å². The molecule has 0 spiro atoms. The van der Waals surface area contributed by atoms with Gasteiger partial charge in [-0.2, -0.15) is 0 Å². The highest BCUT2D eigenvalue weighted by Gasteiger charge is 2.16. The van der Waals surface area contributed by atoms with E-state index in [0.29, 0.717) is 29.4 Å². The molecule has 122 valence electrons. The van der Waals surface area contributed by atoms with Crippen LogP contribution in [0.1, 0.15) is 16.1 Å². The summed E-state index contributed by atoms with van der Waals surface area (Å²) < 4.78 is 10.4. The van der Waals surface area contributed by atoms with Crippen LogP contribution in [0, 0.1) is 0 Å². The minimum absolute atomic E-state index is 0.157. The third kappa shape index (κ3) is 3.40. The number of hydrogen-bond acceptors (Lipinski definition) is 6. The van der Waals surface area contributed by atoms with Crippen LogP contribution in [0.15, 0.2) is 53.4 Å². The van der Waals surface area contributed by atoms with Crippen molar-refractivity contribution in [3.8, 4) is 17.1 Å². The van der Waals surface area contributed by atoms with Crippen molar-refractivity contribution in [2.24, 2.45) is 0 Å². The summed E-state index contributed by atoms with van der Waals surface area (Å²) in [5.74, 6) is 0.827. The molecule has 3 aromatic rings. The Morgan fingerprint density at radius 2 is 2.17 bits per heavy atom. The predicted molar refractivity (Wildman–Crippen MR) is 86.3 cm³/mol. The second-order valence-electron chi connectivity index (χ2n) is 5.17. The lowest BCUT2D eigenvalue weighted by molar-refractivity contribution is 0.0771. The first-order valence-corrected chi connectivity index (χ1v) is 7.29. The van der Waals surface area contributed by atoms with Crippen molar-refractivity contribution in [1.82, 2.24) is 20.0 Å². The summed E-state index contributed by atoms with van der Waals surface area (Å²) in [4.78, 5) is 22.1. The van der Waals surface area contributed by atoms with E-state index in [2.05, 4.69) is 15.1 Å². The Morgan fingerprint density at radius 1 is 1.29 bits per heavy atom. The van der Waals surface area contributed by atoms with Crippen molar-refractivity contribution in [3.63, 3.8) is 0 Å². The third-order valence-corrected chi connectivity index (χ3v) is 3.45. The fourth-order valence-corrected chi connectivity index (χ4v) is 2.22. The number of aromatic nitrogens is 3. The molecular formula is C17H16N4O3. The lowest BCUT2D eigenvalue weighted by Crippen LogP contribution is -2.26. The van der Waals surface area contributed by atoms with Crippen molar-refractivity contribution in [2.75, 3.05) is 14.2 Å². The molecule has 0 aromatic carbocycles. The van der Waals surface area contributed by atoms with E-state index in [1.807, 2.05) is 12.1 Å². The number of pyridine rings is 2. The highest BCUT2D eigenvalue weighted by atomic mass is 16.5. The molecule has 0 N–H and O–H groups in total. The molecule has 24 heavy (non-hydrogen) atoms. The van der Waals surface area contributed by atoms with Crippen molar-refractivity contribution >= 4 is 5.91 Å². The molecular weight excluding hydrogens is 308 g/mol. The number of nitrogens with zero attached hydrogens (tertiary/aromatic N) is 4. The molecule has 0 radical (unpaired) electrons. The fourth-order valence-electron chi connectivity index (χ4n) is 2.22. The third-order valence-electron chi connectivity index (χ3n) is 3.45. The maximum Gasteiger partial charge on any atom is 0.254 e. The maximum atomic E-state index is 12.5. The van der Waals surface area contributed by atoms with Crippen LogP contribution in [0.25, 0.3) is 11.3 Å². The van der Waals surface area contributed by atoms with E-state index in [9.17, 15) is 4.79 Å². The molecule has 1 amide bonds. The highest BCUT2D eigenvalue weighted by molar-refractivity contribution is 5.94. The van der Waals surface area contributed by atoms with E-state index in [1.165, 1.54) is 13.3 Å². The highest BCUT2D eigenvalue weighted by Crippen LogP contribution is 2.19. The summed E-state index contributed by atoms with van der Waals surface area (Å²) in [7, 11) is 3.20. The number of rotatable bonds is 5. The molecule has 0 unspecified atom stereocenters. The average molecular weight is 324 g/mol. The van der Waals surface area contributed by atoms with Gasteiger partial charge in [-0.3, -0.25) is 9.78 Å². The molecule has 0 saturated carbocycles. The smallest absolute Gasteiger partial charge is 0.254 e. The normalized spacial score (nSPS) is 10.4. The number of ether oxygens (including phenoxy) is 1. The van der Waals surface area contributed by atoms with E-state index in [4.69, 9.17) is 9.26 Å². The first-order valence-electron chi connectivity index (χ1n) is 7.29. The van der Waals surface area contributed by atoms with Gasteiger partial charge in [0, 0.05) is 48.9 Å². The van der Waals surface area contributed by atoms with Crippen LogP contribution in [0.3, 0.4) is 0 Å². The van der Waals surface area contributed by atoms with E-state index < -0.39 is 0 Å². The SMILES string of the molecule is COc1cc(C(=O)N(C)Cc2cc(-c3cccnc3)no2)ccn1. The number of methoxy groups -OCH3 is 1. The van der Waals surface area contributed by atoms with Gasteiger partial charge in [0.1, 0.15) is 5.69 Å². The molecule has 0 atom stereocenters. The standard InChI is InChI=1S/C17H16N4O3/c1-21(17(22)12-5-7-19-16(8-12)23-2)11-14-9-15(20-24-14)13-4-3-6-18-10-13/h3-10H,11H2,1-2H3. The van der Waals surface area contributed by atoms with Crippen LogP contribution >= 0.6 is 0 Å². The van der Waals surface area contributed by atoms with Gasteiger partial charge in [-0.25, -0.2) is 4.98 Å². The quantitative estimate of drug-likeness (QED) is 0.717. The zero-order valence-electron chi connectivity index (χ0n) is 13.3. The lowest BCUT2D eigenvalue weighted by atomic mass is 10.2. The van der Waals surface area contributed by atoms with Crippen molar-refractivity contribution < 1.29 is 14.1 Å². The first kappa shape index (κ1) is 15.7. The lowest BCUT2D eigenvalue weighted by Gasteiger charge is -2.15. The molecule has 0 aliphatic carbocycles. The summed E-state index contributed by atoms with van der Waals surface area (Å²) in [5, 5.41) is 4.02.